The molecule has 1 aromatic carbocycles. The van der Waals surface area contributed by atoms with E-state index in [0.717, 1.165) is 10.5 Å². The van der Waals surface area contributed by atoms with Gasteiger partial charge in [-0.2, -0.15) is 0 Å². The Morgan fingerprint density at radius 3 is 3.08 bits per heavy atom. The maximum Gasteiger partial charge on any atom is 0.189 e. The van der Waals surface area contributed by atoms with Crippen molar-refractivity contribution in [3.63, 3.8) is 0 Å². The molecule has 1 atom stereocenters. The number of hydrogen-bond acceptors (Lipinski definition) is 2. The van der Waals surface area contributed by atoms with Gasteiger partial charge in [0.15, 0.2) is 4.90 Å². The van der Waals surface area contributed by atoms with Gasteiger partial charge < -0.3 is 4.55 Å². The monoisotopic (exact) mass is 176 g/mol. The predicted molar refractivity (Wildman–Crippen MR) is 49.3 cm³/mol. The maximum atomic E-state index is 11.3. The van der Waals surface area contributed by atoms with Crippen molar-refractivity contribution >= 4 is 23.7 Å². The third-order valence-electron chi connectivity index (χ3n) is 1.58. The summed E-state index contributed by atoms with van der Waals surface area (Å²) < 4.78 is 15.0. The van der Waals surface area contributed by atoms with Gasteiger partial charge in [-0.3, -0.25) is 0 Å². The van der Waals surface area contributed by atoms with Crippen molar-refractivity contribution in [2.45, 2.75) is 4.90 Å². The quantitative estimate of drug-likeness (QED) is 0.554. The van der Waals surface area contributed by atoms with Gasteiger partial charge in [-0.25, -0.2) is 0 Å². The molecule has 1 radical (unpaired) electrons. The van der Waals surface area contributed by atoms with Crippen LogP contribution in [-0.4, -0.2) is 10.8 Å². The topological polar surface area (TPSA) is 35.4 Å². The van der Waals surface area contributed by atoms with E-state index in [1.807, 2.05) is 30.3 Å². The van der Waals surface area contributed by atoms with Crippen molar-refractivity contribution in [2.75, 3.05) is 0 Å². The zero-order valence-corrected chi connectivity index (χ0v) is 7.04. The molecular formula is C9H6NOS. The van der Waals surface area contributed by atoms with Crippen LogP contribution in [0, 0.1) is 0 Å². The van der Waals surface area contributed by atoms with Crippen LogP contribution in [0.5, 0.6) is 0 Å². The first-order valence-corrected chi connectivity index (χ1v) is 4.62. The Bertz CT molecular complexity index is 346. The van der Waals surface area contributed by atoms with Gasteiger partial charge in [0.05, 0.1) is 0 Å². The summed E-state index contributed by atoms with van der Waals surface area (Å²) in [6.07, 6.45) is 6.11. The third-order valence-corrected chi connectivity index (χ3v) is 2.60. The molecule has 0 aromatic heterocycles. The Morgan fingerprint density at radius 1 is 1.33 bits per heavy atom. The first-order valence-electron chi connectivity index (χ1n) is 3.52. The van der Waals surface area contributed by atoms with Gasteiger partial charge in [0.1, 0.15) is 17.6 Å². The highest BCUT2D eigenvalue weighted by molar-refractivity contribution is 7.90. The summed E-state index contributed by atoms with van der Waals surface area (Å²) in [6.45, 7) is 0. The molecule has 2 rings (SSSR count). The number of allylic oxidation sites excluding steroid dienone is 1. The predicted octanol–water partition coefficient (Wildman–Crippen LogP) is 1.68. The summed E-state index contributed by atoms with van der Waals surface area (Å²) in [4.78, 5) is 0.749. The molecule has 0 N–H and O–H groups in total. The van der Waals surface area contributed by atoms with Crippen LogP contribution in [0.4, 0.5) is 0 Å². The SMILES string of the molecule is [O-][S+]1N=[C]C=Cc2ccccc21. The van der Waals surface area contributed by atoms with Crippen molar-refractivity contribution < 1.29 is 4.55 Å². The Balaban J connectivity index is 2.56. The van der Waals surface area contributed by atoms with E-state index in [1.54, 1.807) is 6.08 Å². The summed E-state index contributed by atoms with van der Waals surface area (Å²) in [5.41, 5.74) is 0.949. The average molecular weight is 176 g/mol. The smallest absolute Gasteiger partial charge is 0.189 e. The number of benzene rings is 1. The molecule has 0 bridgehead atoms. The van der Waals surface area contributed by atoms with E-state index in [1.165, 1.54) is 0 Å². The highest BCUT2D eigenvalue weighted by Crippen LogP contribution is 2.20. The molecule has 1 aliphatic heterocycles. The summed E-state index contributed by atoms with van der Waals surface area (Å²) in [5.74, 6) is 0. The standard InChI is InChI=1S/C9H6NOS/c11-12-9-6-2-1-4-8(9)5-3-7-10-12/h1-6H. The Hall–Kier alpha value is -1.06. The van der Waals surface area contributed by atoms with Crippen molar-refractivity contribution in [3.8, 4) is 0 Å². The van der Waals surface area contributed by atoms with E-state index < -0.39 is 11.4 Å². The van der Waals surface area contributed by atoms with Crippen LogP contribution < -0.4 is 0 Å². The number of nitrogens with zero attached hydrogens (tertiary/aromatic N) is 1. The highest BCUT2D eigenvalue weighted by atomic mass is 32.2. The maximum absolute atomic E-state index is 11.3. The number of rotatable bonds is 0. The summed E-state index contributed by atoms with van der Waals surface area (Å²) in [6, 6.07) is 7.48. The van der Waals surface area contributed by atoms with Crippen molar-refractivity contribution in [2.24, 2.45) is 4.40 Å². The molecule has 0 saturated heterocycles. The van der Waals surface area contributed by atoms with Gasteiger partial charge in [0.2, 0.25) is 0 Å². The summed E-state index contributed by atoms with van der Waals surface area (Å²) in [5, 5.41) is 0. The fourth-order valence-corrected chi connectivity index (χ4v) is 1.82. The molecule has 59 valence electrons. The van der Waals surface area contributed by atoms with E-state index in [0.29, 0.717) is 0 Å². The second-order valence-electron chi connectivity index (χ2n) is 2.34. The van der Waals surface area contributed by atoms with Crippen molar-refractivity contribution in [1.29, 1.82) is 0 Å². The van der Waals surface area contributed by atoms with Crippen LogP contribution in [0.15, 0.2) is 39.6 Å². The van der Waals surface area contributed by atoms with Crippen LogP contribution in [0.2, 0.25) is 0 Å². The average Bonchev–Trinajstić information content (AvgIpc) is 2.29. The molecule has 2 nitrogen and oxygen atoms in total. The molecule has 0 fully saturated rings. The minimum Gasteiger partial charge on any atom is -0.586 e. The van der Waals surface area contributed by atoms with E-state index in [4.69, 9.17) is 0 Å². The Labute approximate surface area is 74.0 Å². The van der Waals surface area contributed by atoms with Gasteiger partial charge in [-0.1, -0.05) is 16.5 Å². The Morgan fingerprint density at radius 2 is 2.17 bits per heavy atom. The van der Waals surface area contributed by atoms with Crippen LogP contribution >= 0.6 is 0 Å². The number of fused-ring (bicyclic) bond motifs is 1. The lowest BCUT2D eigenvalue weighted by Crippen LogP contribution is -1.97. The largest absolute Gasteiger partial charge is 0.586 e. The number of hydrogen-bond donors (Lipinski definition) is 0. The van der Waals surface area contributed by atoms with Crippen LogP contribution in [0.1, 0.15) is 5.56 Å². The second kappa shape index (κ2) is 3.13. The van der Waals surface area contributed by atoms with Crippen molar-refractivity contribution in [3.05, 3.63) is 35.9 Å². The minimum absolute atomic E-state index is 0.749. The molecule has 12 heavy (non-hydrogen) atoms. The van der Waals surface area contributed by atoms with Gasteiger partial charge in [0, 0.05) is 5.56 Å². The van der Waals surface area contributed by atoms with Crippen LogP contribution in [0.3, 0.4) is 0 Å². The summed E-state index contributed by atoms with van der Waals surface area (Å²) in [7, 11) is 0. The molecule has 3 heteroatoms. The van der Waals surface area contributed by atoms with Crippen LogP contribution in [0.25, 0.3) is 6.08 Å². The molecule has 1 heterocycles. The van der Waals surface area contributed by atoms with Crippen LogP contribution in [-0.2, 0) is 11.4 Å². The Kier molecular flexibility index (Phi) is 1.98. The fourth-order valence-electron chi connectivity index (χ4n) is 1.03. The normalized spacial score (nSPS) is 20.2. The molecule has 0 amide bonds. The molecule has 0 spiro atoms. The summed E-state index contributed by atoms with van der Waals surface area (Å²) >= 11 is -1.28. The first-order chi connectivity index (χ1) is 5.88. The lowest BCUT2D eigenvalue weighted by Gasteiger charge is -2.02. The fraction of sp³-hybridized carbons (Fsp3) is 0. The van der Waals surface area contributed by atoms with Crippen molar-refractivity contribution in [1.82, 2.24) is 0 Å². The molecule has 1 aliphatic rings. The first kappa shape index (κ1) is 7.58. The zero-order chi connectivity index (χ0) is 8.39. The van der Waals surface area contributed by atoms with Gasteiger partial charge in [-0.15, -0.1) is 0 Å². The lowest BCUT2D eigenvalue weighted by molar-refractivity contribution is 0.597. The van der Waals surface area contributed by atoms with E-state index in [9.17, 15) is 4.55 Å². The molecule has 1 aromatic rings. The zero-order valence-electron chi connectivity index (χ0n) is 6.23. The molecular weight excluding hydrogens is 170 g/mol. The molecule has 1 unspecified atom stereocenters. The third kappa shape index (κ3) is 1.29. The van der Waals surface area contributed by atoms with E-state index >= 15 is 0 Å². The molecule has 0 aliphatic carbocycles. The van der Waals surface area contributed by atoms with E-state index in [2.05, 4.69) is 10.6 Å². The highest BCUT2D eigenvalue weighted by Gasteiger charge is 2.14. The second-order valence-corrected chi connectivity index (χ2v) is 3.46. The molecule has 0 saturated carbocycles. The van der Waals surface area contributed by atoms with Gasteiger partial charge >= 0.3 is 0 Å². The minimum atomic E-state index is -1.28. The lowest BCUT2D eigenvalue weighted by atomic mass is 10.2. The van der Waals surface area contributed by atoms with Gasteiger partial charge in [-0.05, 0) is 24.3 Å². The van der Waals surface area contributed by atoms with E-state index in [-0.39, 0.29) is 0 Å². The van der Waals surface area contributed by atoms with Gasteiger partial charge in [0.25, 0.3) is 0 Å².